The Morgan fingerprint density at radius 3 is 2.46 bits per heavy atom. The molecule has 2 aliphatic rings. The van der Waals surface area contributed by atoms with Gasteiger partial charge in [0.25, 0.3) is 0 Å². The summed E-state index contributed by atoms with van der Waals surface area (Å²) in [4.78, 5) is 25.7. The number of methoxy groups -OCH3 is 1. The Labute approximate surface area is 154 Å². The summed E-state index contributed by atoms with van der Waals surface area (Å²) in [5.74, 6) is 0.494. The average Bonchev–Trinajstić information content (AvgIpc) is 2.59. The molecule has 6 heteroatoms. The van der Waals surface area contributed by atoms with Crippen molar-refractivity contribution in [1.29, 1.82) is 0 Å². The Hall–Kier alpha value is -2.24. The summed E-state index contributed by atoms with van der Waals surface area (Å²) in [5, 5.41) is 0. The summed E-state index contributed by atoms with van der Waals surface area (Å²) < 4.78 is 16.6. The van der Waals surface area contributed by atoms with Crippen molar-refractivity contribution in [3.63, 3.8) is 0 Å². The first-order valence-electron chi connectivity index (χ1n) is 9.10. The number of amides is 1. The molecule has 1 saturated heterocycles. The van der Waals surface area contributed by atoms with Gasteiger partial charge in [0.15, 0.2) is 0 Å². The summed E-state index contributed by atoms with van der Waals surface area (Å²) in [7, 11) is 1.38. The maximum absolute atomic E-state index is 12.2. The van der Waals surface area contributed by atoms with Crippen LogP contribution in [0, 0.1) is 0 Å². The Bertz CT molecular complexity index is 699. The van der Waals surface area contributed by atoms with E-state index < -0.39 is 5.60 Å². The minimum absolute atomic E-state index is 0.238. The number of nitrogens with zero attached hydrogens (tertiary/aromatic N) is 1. The number of likely N-dealkylation sites (tertiary alicyclic amines) is 1. The number of carbonyl (C=O) groups is 2. The molecule has 1 amide bonds. The van der Waals surface area contributed by atoms with Crippen LogP contribution in [0.1, 0.15) is 56.0 Å². The predicted octanol–water partition coefficient (Wildman–Crippen LogP) is 3.57. The second-order valence-corrected chi connectivity index (χ2v) is 8.07. The standard InChI is InChI=1S/C20H27NO5/c1-19(2,3)26-18(23)21-11-9-20(10-12-21)8-7-14-13-15(17(22)24-4)5-6-16(14)25-20/h5-6,13H,7-12H2,1-4H3. The summed E-state index contributed by atoms with van der Waals surface area (Å²) in [6.45, 7) is 6.88. The second kappa shape index (κ2) is 6.82. The second-order valence-electron chi connectivity index (χ2n) is 8.07. The molecule has 0 atom stereocenters. The molecule has 0 radical (unpaired) electrons. The van der Waals surface area contributed by atoms with E-state index in [1.165, 1.54) is 7.11 Å². The smallest absolute Gasteiger partial charge is 0.410 e. The van der Waals surface area contributed by atoms with Crippen LogP contribution in [0.4, 0.5) is 4.79 Å². The maximum Gasteiger partial charge on any atom is 0.410 e. The molecule has 1 spiro atoms. The van der Waals surface area contributed by atoms with Gasteiger partial charge >= 0.3 is 12.1 Å². The van der Waals surface area contributed by atoms with Crippen LogP contribution in [-0.4, -0.2) is 48.4 Å². The molecule has 0 unspecified atom stereocenters. The molecule has 0 aliphatic carbocycles. The predicted molar refractivity (Wildman–Crippen MR) is 96.5 cm³/mol. The highest BCUT2D eigenvalue weighted by atomic mass is 16.6. The van der Waals surface area contributed by atoms with Crippen molar-refractivity contribution >= 4 is 12.1 Å². The van der Waals surface area contributed by atoms with E-state index in [9.17, 15) is 9.59 Å². The third kappa shape index (κ3) is 3.94. The van der Waals surface area contributed by atoms with Crippen LogP contribution >= 0.6 is 0 Å². The quantitative estimate of drug-likeness (QED) is 0.716. The number of aryl methyl sites for hydroxylation is 1. The maximum atomic E-state index is 12.2. The van der Waals surface area contributed by atoms with Gasteiger partial charge in [0, 0.05) is 25.9 Å². The molecule has 3 rings (SSSR count). The van der Waals surface area contributed by atoms with Gasteiger partial charge in [0.05, 0.1) is 12.7 Å². The molecule has 142 valence electrons. The molecule has 1 aromatic rings. The molecule has 1 aromatic carbocycles. The van der Waals surface area contributed by atoms with Crippen LogP contribution in [0.25, 0.3) is 0 Å². The molecule has 0 bridgehead atoms. The fourth-order valence-electron chi connectivity index (χ4n) is 3.54. The topological polar surface area (TPSA) is 65.1 Å². The van der Waals surface area contributed by atoms with E-state index in [1.54, 1.807) is 11.0 Å². The van der Waals surface area contributed by atoms with Gasteiger partial charge in [-0.1, -0.05) is 0 Å². The van der Waals surface area contributed by atoms with Gasteiger partial charge in [-0.2, -0.15) is 0 Å². The zero-order chi connectivity index (χ0) is 18.9. The number of hydrogen-bond acceptors (Lipinski definition) is 5. The zero-order valence-electron chi connectivity index (χ0n) is 16.0. The van der Waals surface area contributed by atoms with Crippen molar-refractivity contribution in [2.45, 2.75) is 57.7 Å². The first-order chi connectivity index (χ1) is 12.2. The van der Waals surface area contributed by atoms with Crippen LogP contribution < -0.4 is 4.74 Å². The Balaban J connectivity index is 1.64. The number of rotatable bonds is 1. The van der Waals surface area contributed by atoms with Crippen LogP contribution in [0.5, 0.6) is 5.75 Å². The van der Waals surface area contributed by atoms with Gasteiger partial charge in [-0.05, 0) is 57.4 Å². The molecule has 6 nitrogen and oxygen atoms in total. The SMILES string of the molecule is COC(=O)c1ccc2c(c1)CCC1(CCN(C(=O)OC(C)(C)C)CC1)O2. The Morgan fingerprint density at radius 1 is 1.15 bits per heavy atom. The molecule has 0 N–H and O–H groups in total. The fourth-order valence-corrected chi connectivity index (χ4v) is 3.54. The number of piperidine rings is 1. The summed E-state index contributed by atoms with van der Waals surface area (Å²) in [5.41, 5.74) is 0.862. The zero-order valence-corrected chi connectivity index (χ0v) is 16.0. The lowest BCUT2D eigenvalue weighted by Gasteiger charge is -2.44. The monoisotopic (exact) mass is 361 g/mol. The third-order valence-electron chi connectivity index (χ3n) is 4.98. The molecule has 0 aromatic heterocycles. The highest BCUT2D eigenvalue weighted by molar-refractivity contribution is 5.89. The van der Waals surface area contributed by atoms with E-state index in [1.807, 2.05) is 32.9 Å². The normalized spacial score (nSPS) is 18.7. The van der Waals surface area contributed by atoms with Gasteiger partial charge in [-0.25, -0.2) is 9.59 Å². The van der Waals surface area contributed by atoms with Crippen molar-refractivity contribution in [2.75, 3.05) is 20.2 Å². The van der Waals surface area contributed by atoms with E-state index in [2.05, 4.69) is 0 Å². The van der Waals surface area contributed by atoms with Gasteiger partial charge < -0.3 is 19.1 Å². The van der Waals surface area contributed by atoms with E-state index in [0.29, 0.717) is 18.7 Å². The minimum Gasteiger partial charge on any atom is -0.487 e. The van der Waals surface area contributed by atoms with Gasteiger partial charge in [0.2, 0.25) is 0 Å². The van der Waals surface area contributed by atoms with E-state index in [4.69, 9.17) is 14.2 Å². The Kier molecular flexibility index (Phi) is 4.86. The molecule has 0 saturated carbocycles. The number of carbonyl (C=O) groups excluding carboxylic acids is 2. The molecule has 1 fully saturated rings. The van der Waals surface area contributed by atoms with Gasteiger partial charge in [0.1, 0.15) is 17.0 Å². The number of ether oxygens (including phenoxy) is 3. The first-order valence-corrected chi connectivity index (χ1v) is 9.10. The molecular formula is C20H27NO5. The molecule has 26 heavy (non-hydrogen) atoms. The first kappa shape index (κ1) is 18.5. The van der Waals surface area contributed by atoms with Crippen molar-refractivity contribution in [2.24, 2.45) is 0 Å². The Morgan fingerprint density at radius 2 is 1.85 bits per heavy atom. The number of hydrogen-bond donors (Lipinski definition) is 0. The van der Waals surface area contributed by atoms with E-state index in [-0.39, 0.29) is 17.7 Å². The van der Waals surface area contributed by atoms with Crippen LogP contribution in [0.2, 0.25) is 0 Å². The lowest BCUT2D eigenvalue weighted by molar-refractivity contribution is -0.0272. The van der Waals surface area contributed by atoms with E-state index >= 15 is 0 Å². The van der Waals surface area contributed by atoms with Gasteiger partial charge in [-0.3, -0.25) is 0 Å². The van der Waals surface area contributed by atoms with Gasteiger partial charge in [-0.15, -0.1) is 0 Å². The molecular weight excluding hydrogens is 334 g/mol. The summed E-state index contributed by atoms with van der Waals surface area (Å²) in [6.07, 6.45) is 3.04. The fraction of sp³-hybridized carbons (Fsp3) is 0.600. The molecule has 2 heterocycles. The third-order valence-corrected chi connectivity index (χ3v) is 4.98. The minimum atomic E-state index is -0.482. The lowest BCUT2D eigenvalue weighted by Crippen LogP contribution is -2.52. The van der Waals surface area contributed by atoms with Crippen LogP contribution in [-0.2, 0) is 15.9 Å². The molecule has 2 aliphatic heterocycles. The lowest BCUT2D eigenvalue weighted by atomic mass is 9.83. The van der Waals surface area contributed by atoms with E-state index in [0.717, 1.165) is 37.0 Å². The summed E-state index contributed by atoms with van der Waals surface area (Å²) >= 11 is 0. The van der Waals surface area contributed by atoms with Crippen molar-refractivity contribution < 1.29 is 23.8 Å². The van der Waals surface area contributed by atoms with Crippen molar-refractivity contribution in [3.05, 3.63) is 29.3 Å². The summed E-state index contributed by atoms with van der Waals surface area (Å²) in [6, 6.07) is 5.44. The number of benzene rings is 1. The highest BCUT2D eigenvalue weighted by Gasteiger charge is 2.41. The van der Waals surface area contributed by atoms with Crippen LogP contribution in [0.15, 0.2) is 18.2 Å². The van der Waals surface area contributed by atoms with Crippen molar-refractivity contribution in [1.82, 2.24) is 4.90 Å². The largest absolute Gasteiger partial charge is 0.487 e. The highest BCUT2D eigenvalue weighted by Crippen LogP contribution is 2.39. The average molecular weight is 361 g/mol. The number of fused-ring (bicyclic) bond motifs is 1. The number of esters is 1. The van der Waals surface area contributed by atoms with Crippen molar-refractivity contribution in [3.8, 4) is 5.75 Å². The van der Waals surface area contributed by atoms with Crippen LogP contribution in [0.3, 0.4) is 0 Å².